The van der Waals surface area contributed by atoms with Crippen LogP contribution in [-0.4, -0.2) is 18.1 Å². The summed E-state index contributed by atoms with van der Waals surface area (Å²) in [7, 11) is 0. The molecular formula is C13H25NO2. The normalized spacial score (nSPS) is 30.8. The van der Waals surface area contributed by atoms with Gasteiger partial charge in [0.1, 0.15) is 12.1 Å². The SMILES string of the molecule is CC[C@@H](N)C(=O)OC1CC(C)CC(C)(C)C1. The van der Waals surface area contributed by atoms with Gasteiger partial charge in [0.25, 0.3) is 0 Å². The van der Waals surface area contributed by atoms with E-state index in [4.69, 9.17) is 10.5 Å². The minimum atomic E-state index is -0.458. The van der Waals surface area contributed by atoms with E-state index in [2.05, 4.69) is 20.8 Å². The van der Waals surface area contributed by atoms with Crippen molar-refractivity contribution in [3.8, 4) is 0 Å². The van der Waals surface area contributed by atoms with E-state index in [1.807, 2.05) is 6.92 Å². The molecule has 3 heteroatoms. The molecule has 1 rings (SSSR count). The smallest absolute Gasteiger partial charge is 0.323 e. The maximum Gasteiger partial charge on any atom is 0.323 e. The molecule has 0 aromatic heterocycles. The summed E-state index contributed by atoms with van der Waals surface area (Å²) >= 11 is 0. The fraction of sp³-hybridized carbons (Fsp3) is 0.923. The number of ether oxygens (including phenoxy) is 1. The van der Waals surface area contributed by atoms with Crippen LogP contribution in [0, 0.1) is 11.3 Å². The monoisotopic (exact) mass is 227 g/mol. The molecule has 0 radical (unpaired) electrons. The van der Waals surface area contributed by atoms with E-state index in [-0.39, 0.29) is 17.5 Å². The number of nitrogens with two attached hydrogens (primary N) is 1. The molecule has 2 unspecified atom stereocenters. The lowest BCUT2D eigenvalue weighted by Crippen LogP contribution is -2.39. The second-order valence-electron chi connectivity index (χ2n) is 5.99. The number of hydrogen-bond donors (Lipinski definition) is 1. The van der Waals surface area contributed by atoms with Gasteiger partial charge in [0, 0.05) is 0 Å². The van der Waals surface area contributed by atoms with Crippen LogP contribution in [0.5, 0.6) is 0 Å². The molecule has 0 saturated heterocycles. The number of carbonyl (C=O) groups is 1. The van der Waals surface area contributed by atoms with E-state index in [1.54, 1.807) is 0 Å². The van der Waals surface area contributed by atoms with Crippen molar-refractivity contribution in [2.45, 2.75) is 65.5 Å². The first kappa shape index (κ1) is 13.5. The molecular weight excluding hydrogens is 202 g/mol. The van der Waals surface area contributed by atoms with Crippen molar-refractivity contribution >= 4 is 5.97 Å². The Morgan fingerprint density at radius 3 is 2.62 bits per heavy atom. The molecule has 0 heterocycles. The minimum Gasteiger partial charge on any atom is -0.461 e. The van der Waals surface area contributed by atoms with Crippen LogP contribution in [0.1, 0.15) is 53.4 Å². The highest BCUT2D eigenvalue weighted by molar-refractivity contribution is 5.75. The van der Waals surface area contributed by atoms with Gasteiger partial charge in [-0.25, -0.2) is 0 Å². The van der Waals surface area contributed by atoms with Crippen molar-refractivity contribution in [3.05, 3.63) is 0 Å². The first-order chi connectivity index (χ1) is 7.34. The quantitative estimate of drug-likeness (QED) is 0.754. The number of hydrogen-bond acceptors (Lipinski definition) is 3. The van der Waals surface area contributed by atoms with Gasteiger partial charge in [0.2, 0.25) is 0 Å². The van der Waals surface area contributed by atoms with Gasteiger partial charge in [0.15, 0.2) is 0 Å². The fourth-order valence-electron chi connectivity index (χ4n) is 2.77. The summed E-state index contributed by atoms with van der Waals surface area (Å²) in [4.78, 5) is 11.6. The van der Waals surface area contributed by atoms with Crippen LogP contribution in [0.3, 0.4) is 0 Å². The molecule has 0 amide bonds. The molecule has 0 spiro atoms. The Balaban J connectivity index is 2.51. The van der Waals surface area contributed by atoms with E-state index >= 15 is 0 Å². The van der Waals surface area contributed by atoms with Gasteiger partial charge in [-0.1, -0.05) is 27.7 Å². The van der Waals surface area contributed by atoms with E-state index in [0.717, 1.165) is 12.8 Å². The Bertz CT molecular complexity index is 250. The Morgan fingerprint density at radius 2 is 2.12 bits per heavy atom. The Kier molecular flexibility index (Phi) is 4.36. The van der Waals surface area contributed by atoms with Crippen molar-refractivity contribution in [3.63, 3.8) is 0 Å². The van der Waals surface area contributed by atoms with E-state index in [9.17, 15) is 4.79 Å². The molecule has 94 valence electrons. The zero-order valence-electron chi connectivity index (χ0n) is 11.0. The highest BCUT2D eigenvalue weighted by atomic mass is 16.5. The van der Waals surface area contributed by atoms with Crippen molar-refractivity contribution in [1.29, 1.82) is 0 Å². The fourth-order valence-corrected chi connectivity index (χ4v) is 2.77. The van der Waals surface area contributed by atoms with Gasteiger partial charge in [-0.2, -0.15) is 0 Å². The average molecular weight is 227 g/mol. The molecule has 1 aliphatic carbocycles. The summed E-state index contributed by atoms with van der Waals surface area (Å²) in [6.45, 7) is 8.60. The van der Waals surface area contributed by atoms with Crippen molar-refractivity contribution in [1.82, 2.24) is 0 Å². The molecule has 3 nitrogen and oxygen atoms in total. The third-order valence-electron chi connectivity index (χ3n) is 3.37. The molecule has 1 aliphatic rings. The average Bonchev–Trinajstić information content (AvgIpc) is 2.12. The van der Waals surface area contributed by atoms with Crippen LogP contribution < -0.4 is 5.73 Å². The lowest BCUT2D eigenvalue weighted by molar-refractivity contribution is -0.155. The molecule has 1 fully saturated rings. The standard InChI is InChI=1S/C13H25NO2/c1-5-11(14)12(15)16-10-6-9(2)7-13(3,4)8-10/h9-11H,5-8,14H2,1-4H3/t9?,10?,11-/m1/s1. The van der Waals surface area contributed by atoms with E-state index in [0.29, 0.717) is 12.3 Å². The van der Waals surface area contributed by atoms with E-state index in [1.165, 1.54) is 6.42 Å². The van der Waals surface area contributed by atoms with Gasteiger partial charge in [-0.05, 0) is 37.0 Å². The summed E-state index contributed by atoms with van der Waals surface area (Å²) in [5, 5.41) is 0. The molecule has 3 atom stereocenters. The topological polar surface area (TPSA) is 52.3 Å². The van der Waals surface area contributed by atoms with Crippen LogP contribution in [0.4, 0.5) is 0 Å². The van der Waals surface area contributed by atoms with Crippen molar-refractivity contribution in [2.75, 3.05) is 0 Å². The highest BCUT2D eigenvalue weighted by Gasteiger charge is 2.34. The Labute approximate surface area is 98.7 Å². The van der Waals surface area contributed by atoms with Gasteiger partial charge >= 0.3 is 5.97 Å². The molecule has 0 aromatic carbocycles. The van der Waals surface area contributed by atoms with E-state index < -0.39 is 6.04 Å². The van der Waals surface area contributed by atoms with Gasteiger partial charge in [0.05, 0.1) is 0 Å². The third-order valence-corrected chi connectivity index (χ3v) is 3.37. The van der Waals surface area contributed by atoms with Crippen LogP contribution in [0.15, 0.2) is 0 Å². The summed E-state index contributed by atoms with van der Waals surface area (Å²) < 4.78 is 5.49. The lowest BCUT2D eigenvalue weighted by Gasteiger charge is -2.38. The zero-order valence-corrected chi connectivity index (χ0v) is 11.0. The predicted molar refractivity (Wildman–Crippen MR) is 64.9 cm³/mol. The summed E-state index contributed by atoms with van der Waals surface area (Å²) in [5.41, 5.74) is 5.94. The molecule has 16 heavy (non-hydrogen) atoms. The summed E-state index contributed by atoms with van der Waals surface area (Å²) in [6, 6.07) is -0.458. The van der Waals surface area contributed by atoms with Gasteiger partial charge in [-0.15, -0.1) is 0 Å². The van der Waals surface area contributed by atoms with Crippen molar-refractivity contribution < 1.29 is 9.53 Å². The maximum absolute atomic E-state index is 11.6. The molecule has 2 N–H and O–H groups in total. The Morgan fingerprint density at radius 1 is 1.50 bits per heavy atom. The lowest BCUT2D eigenvalue weighted by atomic mass is 9.71. The molecule has 0 aromatic rings. The Hall–Kier alpha value is -0.570. The van der Waals surface area contributed by atoms with Crippen LogP contribution in [0.2, 0.25) is 0 Å². The predicted octanol–water partition coefficient (Wildman–Crippen LogP) is 2.48. The first-order valence-corrected chi connectivity index (χ1v) is 6.30. The summed E-state index contributed by atoms with van der Waals surface area (Å²) in [5.74, 6) is 0.386. The number of rotatable bonds is 3. The third kappa shape index (κ3) is 3.78. The van der Waals surface area contributed by atoms with Crippen molar-refractivity contribution in [2.24, 2.45) is 17.1 Å². The largest absolute Gasteiger partial charge is 0.461 e. The number of esters is 1. The maximum atomic E-state index is 11.6. The highest BCUT2D eigenvalue weighted by Crippen LogP contribution is 2.39. The second-order valence-corrected chi connectivity index (χ2v) is 5.99. The molecule has 0 aliphatic heterocycles. The second kappa shape index (κ2) is 5.17. The zero-order chi connectivity index (χ0) is 12.3. The summed E-state index contributed by atoms with van der Waals surface area (Å²) in [6.07, 6.45) is 3.85. The first-order valence-electron chi connectivity index (χ1n) is 6.30. The van der Waals surface area contributed by atoms with Crippen LogP contribution >= 0.6 is 0 Å². The molecule has 0 bridgehead atoms. The van der Waals surface area contributed by atoms with Crippen LogP contribution in [0.25, 0.3) is 0 Å². The van der Waals surface area contributed by atoms with Gasteiger partial charge < -0.3 is 10.5 Å². The number of carbonyl (C=O) groups excluding carboxylic acids is 1. The van der Waals surface area contributed by atoms with Crippen LogP contribution in [-0.2, 0) is 9.53 Å². The van der Waals surface area contributed by atoms with Gasteiger partial charge in [-0.3, -0.25) is 4.79 Å². The minimum absolute atomic E-state index is 0.0591. The molecule has 1 saturated carbocycles.